The molecule has 1 aromatic carbocycles. The number of fused-ring (bicyclic) bond motifs is 1. The van der Waals surface area contributed by atoms with E-state index in [0.717, 1.165) is 16.5 Å². The highest BCUT2D eigenvalue weighted by Gasteiger charge is 2.13. The van der Waals surface area contributed by atoms with Gasteiger partial charge in [-0.1, -0.05) is 11.6 Å². The van der Waals surface area contributed by atoms with Crippen LogP contribution in [0.2, 0.25) is 5.02 Å². The molecule has 0 saturated carbocycles. The molecule has 0 atom stereocenters. The maximum atomic E-state index is 11.5. The van der Waals surface area contributed by atoms with Crippen molar-refractivity contribution in [1.29, 1.82) is 0 Å². The van der Waals surface area contributed by atoms with Crippen LogP contribution in [0.25, 0.3) is 11.0 Å². The first-order chi connectivity index (χ1) is 8.11. The Labute approximate surface area is 110 Å². The highest BCUT2D eigenvalue weighted by atomic mass is 35.5. The molecular weight excluding hydrogens is 259 g/mol. The van der Waals surface area contributed by atoms with Gasteiger partial charge in [0.2, 0.25) is 0 Å². The lowest BCUT2D eigenvalue weighted by molar-refractivity contribution is -0.118. The van der Waals surface area contributed by atoms with E-state index in [1.165, 1.54) is 0 Å². The van der Waals surface area contributed by atoms with Gasteiger partial charge in [-0.15, -0.1) is 11.6 Å². The number of carbonyl (C=O) groups excluding carboxylic acids is 1. The molecule has 1 heterocycles. The average Bonchev–Trinajstić information content (AvgIpc) is 2.57. The topological polar surface area (TPSA) is 30.2 Å². The van der Waals surface area contributed by atoms with Crippen molar-refractivity contribution in [3.05, 3.63) is 34.5 Å². The van der Waals surface area contributed by atoms with Gasteiger partial charge in [-0.3, -0.25) is 4.79 Å². The molecule has 90 valence electrons. The SMILES string of the molecule is Cc1c(CC(=O)CCCl)oc2ccc(Cl)cc12. The molecule has 0 radical (unpaired) electrons. The first-order valence-electron chi connectivity index (χ1n) is 5.37. The summed E-state index contributed by atoms with van der Waals surface area (Å²) in [5, 5.41) is 1.63. The van der Waals surface area contributed by atoms with Gasteiger partial charge < -0.3 is 4.42 Å². The number of ketones is 1. The molecule has 2 aromatic rings. The standard InChI is InChI=1S/C13H12Cl2O2/c1-8-11-6-9(15)2-3-12(11)17-13(8)7-10(16)4-5-14/h2-3,6H,4-5,7H2,1H3. The van der Waals surface area contributed by atoms with Crippen molar-refractivity contribution >= 4 is 40.0 Å². The van der Waals surface area contributed by atoms with Crippen LogP contribution in [0.5, 0.6) is 0 Å². The van der Waals surface area contributed by atoms with Gasteiger partial charge >= 0.3 is 0 Å². The highest BCUT2D eigenvalue weighted by Crippen LogP contribution is 2.28. The van der Waals surface area contributed by atoms with Gasteiger partial charge in [0.15, 0.2) is 0 Å². The van der Waals surface area contributed by atoms with Gasteiger partial charge in [0, 0.05) is 22.7 Å². The van der Waals surface area contributed by atoms with E-state index in [9.17, 15) is 4.79 Å². The molecule has 0 unspecified atom stereocenters. The summed E-state index contributed by atoms with van der Waals surface area (Å²) in [6.07, 6.45) is 0.670. The summed E-state index contributed by atoms with van der Waals surface area (Å²) in [7, 11) is 0. The maximum Gasteiger partial charge on any atom is 0.141 e. The van der Waals surface area contributed by atoms with E-state index in [4.69, 9.17) is 27.6 Å². The maximum absolute atomic E-state index is 11.5. The molecule has 0 saturated heterocycles. The average molecular weight is 271 g/mol. The zero-order chi connectivity index (χ0) is 12.4. The Kier molecular flexibility index (Phi) is 3.75. The number of hydrogen-bond donors (Lipinski definition) is 0. The Hall–Kier alpha value is -0.990. The summed E-state index contributed by atoms with van der Waals surface area (Å²) in [6.45, 7) is 1.94. The lowest BCUT2D eigenvalue weighted by Crippen LogP contribution is -2.03. The Morgan fingerprint density at radius 2 is 2.18 bits per heavy atom. The number of halogens is 2. The zero-order valence-corrected chi connectivity index (χ0v) is 10.9. The van der Waals surface area contributed by atoms with Gasteiger partial charge in [-0.05, 0) is 30.7 Å². The number of rotatable bonds is 4. The van der Waals surface area contributed by atoms with Crippen LogP contribution in [0, 0.1) is 6.92 Å². The molecule has 17 heavy (non-hydrogen) atoms. The molecular formula is C13H12Cl2O2. The minimum atomic E-state index is 0.0910. The summed E-state index contributed by atoms with van der Waals surface area (Å²) in [5.41, 5.74) is 1.74. The lowest BCUT2D eigenvalue weighted by Gasteiger charge is -1.96. The second-order valence-electron chi connectivity index (χ2n) is 3.95. The molecule has 4 heteroatoms. The van der Waals surface area contributed by atoms with Gasteiger partial charge in [0.05, 0.1) is 6.42 Å². The van der Waals surface area contributed by atoms with Crippen molar-refractivity contribution < 1.29 is 9.21 Å². The van der Waals surface area contributed by atoms with E-state index < -0.39 is 0 Å². The Morgan fingerprint density at radius 3 is 2.88 bits per heavy atom. The van der Waals surface area contributed by atoms with E-state index in [1.807, 2.05) is 19.1 Å². The van der Waals surface area contributed by atoms with Crippen LogP contribution in [0.3, 0.4) is 0 Å². The molecule has 0 spiro atoms. The number of furan rings is 1. The van der Waals surface area contributed by atoms with Crippen LogP contribution >= 0.6 is 23.2 Å². The van der Waals surface area contributed by atoms with Crippen molar-refractivity contribution in [3.63, 3.8) is 0 Å². The molecule has 2 nitrogen and oxygen atoms in total. The van der Waals surface area contributed by atoms with E-state index in [2.05, 4.69) is 0 Å². The van der Waals surface area contributed by atoms with Gasteiger partial charge in [-0.2, -0.15) is 0 Å². The van der Waals surface area contributed by atoms with Gasteiger partial charge in [-0.25, -0.2) is 0 Å². The summed E-state index contributed by atoms with van der Waals surface area (Å²) < 4.78 is 5.65. The predicted molar refractivity (Wildman–Crippen MR) is 70.0 cm³/mol. The fourth-order valence-corrected chi connectivity index (χ4v) is 2.17. The van der Waals surface area contributed by atoms with E-state index in [0.29, 0.717) is 29.5 Å². The minimum Gasteiger partial charge on any atom is -0.460 e. The van der Waals surface area contributed by atoms with Crippen LogP contribution < -0.4 is 0 Å². The smallest absolute Gasteiger partial charge is 0.141 e. The number of alkyl halides is 1. The minimum absolute atomic E-state index is 0.0910. The Balaban J connectivity index is 2.35. The van der Waals surface area contributed by atoms with Gasteiger partial charge in [0.25, 0.3) is 0 Å². The normalized spacial score (nSPS) is 11.0. The summed E-state index contributed by atoms with van der Waals surface area (Å²) >= 11 is 11.5. The molecule has 0 aliphatic heterocycles. The number of Topliss-reactive ketones (excluding diaryl/α,β-unsaturated/α-hetero) is 1. The third-order valence-corrected chi connectivity index (χ3v) is 3.15. The van der Waals surface area contributed by atoms with Crippen LogP contribution in [0.1, 0.15) is 17.7 Å². The fourth-order valence-electron chi connectivity index (χ4n) is 1.79. The number of hydrogen-bond acceptors (Lipinski definition) is 2. The van der Waals surface area contributed by atoms with Crippen molar-refractivity contribution in [3.8, 4) is 0 Å². The third kappa shape index (κ3) is 2.64. The molecule has 0 bridgehead atoms. The van der Waals surface area contributed by atoms with Crippen molar-refractivity contribution in [2.24, 2.45) is 0 Å². The van der Waals surface area contributed by atoms with Crippen LogP contribution in [0.15, 0.2) is 22.6 Å². The van der Waals surface area contributed by atoms with Crippen LogP contribution in [-0.2, 0) is 11.2 Å². The van der Waals surface area contributed by atoms with E-state index >= 15 is 0 Å². The molecule has 0 aliphatic carbocycles. The first-order valence-corrected chi connectivity index (χ1v) is 6.28. The molecule has 2 rings (SSSR count). The first kappa shape index (κ1) is 12.5. The highest BCUT2D eigenvalue weighted by molar-refractivity contribution is 6.31. The molecule has 0 N–H and O–H groups in total. The van der Waals surface area contributed by atoms with Crippen LogP contribution in [-0.4, -0.2) is 11.7 Å². The van der Waals surface area contributed by atoms with E-state index in [-0.39, 0.29) is 5.78 Å². The Morgan fingerprint density at radius 1 is 1.41 bits per heavy atom. The molecule has 1 aromatic heterocycles. The largest absolute Gasteiger partial charge is 0.460 e. The fraction of sp³-hybridized carbons (Fsp3) is 0.308. The quantitative estimate of drug-likeness (QED) is 0.782. The molecule has 0 fully saturated rings. The summed E-state index contributed by atoms with van der Waals surface area (Å²) in [4.78, 5) is 11.5. The lowest BCUT2D eigenvalue weighted by atomic mass is 10.1. The second-order valence-corrected chi connectivity index (χ2v) is 4.76. The summed E-state index contributed by atoms with van der Waals surface area (Å²) in [6, 6.07) is 5.45. The number of carbonyl (C=O) groups is 1. The molecule has 0 aliphatic rings. The molecule has 0 amide bonds. The van der Waals surface area contributed by atoms with Gasteiger partial charge in [0.1, 0.15) is 17.1 Å². The van der Waals surface area contributed by atoms with Crippen molar-refractivity contribution in [2.75, 3.05) is 5.88 Å². The van der Waals surface area contributed by atoms with Crippen molar-refractivity contribution in [2.45, 2.75) is 19.8 Å². The van der Waals surface area contributed by atoms with E-state index in [1.54, 1.807) is 6.07 Å². The second kappa shape index (κ2) is 5.11. The zero-order valence-electron chi connectivity index (χ0n) is 9.43. The summed E-state index contributed by atoms with van der Waals surface area (Å²) in [5.74, 6) is 1.15. The Bertz CT molecular complexity index is 558. The third-order valence-electron chi connectivity index (χ3n) is 2.73. The van der Waals surface area contributed by atoms with Crippen molar-refractivity contribution in [1.82, 2.24) is 0 Å². The van der Waals surface area contributed by atoms with Crippen LogP contribution in [0.4, 0.5) is 0 Å². The number of benzene rings is 1. The monoisotopic (exact) mass is 270 g/mol. The predicted octanol–water partition coefficient (Wildman–Crippen LogP) is 4.14. The number of aryl methyl sites for hydroxylation is 1.